The summed E-state index contributed by atoms with van der Waals surface area (Å²) in [4.78, 5) is 0. The minimum atomic E-state index is 0.802. The van der Waals surface area contributed by atoms with E-state index in [1.807, 2.05) is 0 Å². The van der Waals surface area contributed by atoms with Crippen LogP contribution in [0.4, 0.5) is 0 Å². The van der Waals surface area contributed by atoms with Crippen molar-refractivity contribution in [2.24, 2.45) is 0 Å². The molecule has 0 aromatic rings. The van der Waals surface area contributed by atoms with Gasteiger partial charge in [-0.3, -0.25) is 0 Å². The lowest BCUT2D eigenvalue weighted by molar-refractivity contribution is 0.304. The molecule has 1 saturated heterocycles. The van der Waals surface area contributed by atoms with E-state index in [0.717, 1.165) is 23.5 Å². The number of hydrogen-bond acceptors (Lipinski definition) is 2. The molecule has 0 aromatic heterocycles. The first-order chi connectivity index (χ1) is 4.00. The largest absolute Gasteiger partial charge is 0.417 e. The van der Waals surface area contributed by atoms with Crippen LogP contribution in [0.1, 0.15) is 12.8 Å². The van der Waals surface area contributed by atoms with Crippen LogP contribution in [0.2, 0.25) is 6.04 Å². The van der Waals surface area contributed by atoms with Gasteiger partial charge in [-0.05, 0) is 12.5 Å². The number of hydrogen-bond donors (Lipinski definition) is 1. The van der Waals surface area contributed by atoms with Gasteiger partial charge in [-0.2, -0.15) is 0 Å². The molecule has 1 aliphatic rings. The molecule has 48 valence electrons. The van der Waals surface area contributed by atoms with Crippen molar-refractivity contribution in [2.75, 3.05) is 13.7 Å². The molecular weight excluding hydrogens is 120 g/mol. The Labute approximate surface area is 52.8 Å². The van der Waals surface area contributed by atoms with Gasteiger partial charge < -0.3 is 9.53 Å². The first-order valence-electron chi connectivity index (χ1n) is 2.79. The van der Waals surface area contributed by atoms with Crippen molar-refractivity contribution in [3.63, 3.8) is 0 Å². The van der Waals surface area contributed by atoms with Crippen molar-refractivity contribution in [1.82, 2.24) is 0 Å². The van der Waals surface area contributed by atoms with E-state index in [-0.39, 0.29) is 0 Å². The van der Waals surface area contributed by atoms with Crippen molar-refractivity contribution in [3.8, 4) is 0 Å². The molecule has 1 aliphatic heterocycles. The predicted molar refractivity (Wildman–Crippen MR) is 33.9 cm³/mol. The summed E-state index contributed by atoms with van der Waals surface area (Å²) in [5.74, 6) is 0. The van der Waals surface area contributed by atoms with Crippen molar-refractivity contribution in [2.45, 2.75) is 18.9 Å². The van der Waals surface area contributed by atoms with Gasteiger partial charge in [-0.1, -0.05) is 6.42 Å². The average Bonchev–Trinajstić information content (AvgIpc) is 1.96. The lowest BCUT2D eigenvalue weighted by Crippen LogP contribution is -2.06. The number of aliphatic hydroxyl groups excluding tert-OH is 1. The first kappa shape index (κ1) is 8.14. The molecule has 0 atom stereocenters. The van der Waals surface area contributed by atoms with Crippen molar-refractivity contribution in [3.05, 3.63) is 0 Å². The van der Waals surface area contributed by atoms with Crippen LogP contribution in [0, 0.1) is 0 Å². The van der Waals surface area contributed by atoms with Gasteiger partial charge in [0.1, 0.15) is 0 Å². The molecule has 8 heavy (non-hydrogen) atoms. The molecule has 1 rings (SSSR count). The van der Waals surface area contributed by atoms with E-state index < -0.39 is 0 Å². The van der Waals surface area contributed by atoms with E-state index in [1.54, 1.807) is 0 Å². The fraction of sp³-hybridized carbons (Fsp3) is 1.00. The Hall–Kier alpha value is 0.137. The minimum Gasteiger partial charge on any atom is -0.417 e. The van der Waals surface area contributed by atoms with E-state index >= 15 is 0 Å². The number of rotatable bonds is 0. The lowest BCUT2D eigenvalue weighted by Gasteiger charge is -2.06. The third-order valence-electron chi connectivity index (χ3n) is 0.877. The van der Waals surface area contributed by atoms with Crippen LogP contribution in [0.25, 0.3) is 0 Å². The van der Waals surface area contributed by atoms with Gasteiger partial charge in [0, 0.05) is 13.7 Å². The Morgan fingerprint density at radius 1 is 1.38 bits per heavy atom. The van der Waals surface area contributed by atoms with Gasteiger partial charge >= 0.3 is 0 Å². The SMILES string of the molecule is C1CC[Si]OC1.CO. The summed E-state index contributed by atoms with van der Waals surface area (Å²) in [6, 6.07) is 1.31. The van der Waals surface area contributed by atoms with Crippen LogP contribution in [0.3, 0.4) is 0 Å². The van der Waals surface area contributed by atoms with Crippen LogP contribution < -0.4 is 0 Å². The highest BCUT2D eigenvalue weighted by Crippen LogP contribution is 2.01. The molecule has 2 radical (unpaired) electrons. The van der Waals surface area contributed by atoms with Crippen LogP contribution in [-0.2, 0) is 4.43 Å². The van der Waals surface area contributed by atoms with Gasteiger partial charge in [0.15, 0.2) is 0 Å². The molecule has 0 spiro atoms. The zero-order chi connectivity index (χ0) is 6.24. The normalized spacial score (nSPS) is 18.8. The molecule has 2 nitrogen and oxygen atoms in total. The van der Waals surface area contributed by atoms with Crippen molar-refractivity contribution >= 4 is 9.76 Å². The second-order valence-corrected chi connectivity index (χ2v) is 2.53. The smallest absolute Gasteiger partial charge is 0.229 e. The zero-order valence-corrected chi connectivity index (χ0v) is 6.18. The van der Waals surface area contributed by atoms with E-state index in [0.29, 0.717) is 0 Å². The summed E-state index contributed by atoms with van der Waals surface area (Å²) < 4.78 is 5.10. The Bertz CT molecular complexity index is 25.9. The Morgan fingerprint density at radius 2 is 2.12 bits per heavy atom. The Morgan fingerprint density at radius 3 is 2.25 bits per heavy atom. The van der Waals surface area contributed by atoms with Gasteiger partial charge in [-0.25, -0.2) is 0 Å². The molecule has 0 amide bonds. The summed E-state index contributed by atoms with van der Waals surface area (Å²) in [6.07, 6.45) is 2.67. The topological polar surface area (TPSA) is 29.5 Å². The number of aliphatic hydroxyl groups is 1. The standard InChI is InChI=1S/C4H8OSi.CH4O/c1-2-4-6-5-3-1;1-2/h1-4H2;2H,1H3. The van der Waals surface area contributed by atoms with Crippen molar-refractivity contribution < 1.29 is 9.53 Å². The quantitative estimate of drug-likeness (QED) is 0.485. The zero-order valence-electron chi connectivity index (χ0n) is 5.18. The molecule has 0 bridgehead atoms. The third kappa shape index (κ3) is 4.30. The lowest BCUT2D eigenvalue weighted by atomic mass is 10.4. The average molecular weight is 132 g/mol. The summed E-state index contributed by atoms with van der Waals surface area (Å²) in [5, 5.41) is 7.00. The van der Waals surface area contributed by atoms with E-state index in [1.165, 1.54) is 18.9 Å². The maximum Gasteiger partial charge on any atom is 0.229 e. The monoisotopic (exact) mass is 132 g/mol. The van der Waals surface area contributed by atoms with Gasteiger partial charge in [-0.15, -0.1) is 0 Å². The van der Waals surface area contributed by atoms with E-state index in [9.17, 15) is 0 Å². The fourth-order valence-corrected chi connectivity index (χ4v) is 1.34. The highest BCUT2D eigenvalue weighted by molar-refractivity contribution is 6.27. The molecule has 1 N–H and O–H groups in total. The van der Waals surface area contributed by atoms with Gasteiger partial charge in [0.2, 0.25) is 9.76 Å². The van der Waals surface area contributed by atoms with Gasteiger partial charge in [0.25, 0.3) is 0 Å². The Balaban J connectivity index is 0.000000222. The summed E-state index contributed by atoms with van der Waals surface area (Å²) >= 11 is 0. The van der Waals surface area contributed by atoms with Crippen LogP contribution in [-0.4, -0.2) is 28.6 Å². The molecule has 0 aliphatic carbocycles. The molecule has 3 heteroatoms. The second-order valence-electron chi connectivity index (χ2n) is 1.45. The molecule has 1 fully saturated rings. The highest BCUT2D eigenvalue weighted by atomic mass is 28.2. The van der Waals surface area contributed by atoms with Crippen LogP contribution in [0.5, 0.6) is 0 Å². The Kier molecular flexibility index (Phi) is 7.26. The summed E-state index contributed by atoms with van der Waals surface area (Å²) in [6.45, 7) is 1.01. The maximum absolute atomic E-state index is 7.00. The summed E-state index contributed by atoms with van der Waals surface area (Å²) in [7, 11) is 1.80. The maximum atomic E-state index is 7.00. The fourth-order valence-electron chi connectivity index (χ4n) is 0.516. The molecule has 0 unspecified atom stereocenters. The van der Waals surface area contributed by atoms with E-state index in [2.05, 4.69) is 0 Å². The predicted octanol–water partition coefficient (Wildman–Crippen LogP) is 0.443. The highest BCUT2D eigenvalue weighted by Gasteiger charge is 1.97. The van der Waals surface area contributed by atoms with Crippen LogP contribution >= 0.6 is 0 Å². The molecule has 0 aromatic carbocycles. The molecular formula is C5H12O2Si. The first-order valence-corrected chi connectivity index (χ1v) is 3.91. The van der Waals surface area contributed by atoms with Crippen LogP contribution in [0.15, 0.2) is 0 Å². The molecule has 0 saturated carbocycles. The second kappa shape index (κ2) is 7.14. The molecule has 1 heterocycles. The van der Waals surface area contributed by atoms with Gasteiger partial charge in [0.05, 0.1) is 0 Å². The van der Waals surface area contributed by atoms with Crippen molar-refractivity contribution in [1.29, 1.82) is 0 Å². The third-order valence-corrected chi connectivity index (χ3v) is 1.84. The summed E-state index contributed by atoms with van der Waals surface area (Å²) in [5.41, 5.74) is 0. The van der Waals surface area contributed by atoms with E-state index in [4.69, 9.17) is 9.53 Å². The minimum absolute atomic E-state index is 0.802.